The second-order valence-corrected chi connectivity index (χ2v) is 5.78. The van der Waals surface area contributed by atoms with Crippen molar-refractivity contribution in [2.24, 2.45) is 0 Å². The van der Waals surface area contributed by atoms with Gasteiger partial charge in [0.15, 0.2) is 0 Å². The minimum atomic E-state index is -1.23. The maximum atomic E-state index is 12.1. The van der Waals surface area contributed by atoms with Crippen molar-refractivity contribution in [1.82, 2.24) is 10.2 Å². The number of nitrogen functional groups attached to an aromatic ring is 1. The fraction of sp³-hybridized carbons (Fsp3) is 0.529. The highest BCUT2D eigenvalue weighted by Gasteiger charge is 2.14. The number of methoxy groups -OCH3 is 1. The smallest absolute Gasteiger partial charge is 0.332 e. The predicted molar refractivity (Wildman–Crippen MR) is 102 cm³/mol. The summed E-state index contributed by atoms with van der Waals surface area (Å²) in [7, 11) is 1.50. The van der Waals surface area contributed by atoms with Gasteiger partial charge in [0.1, 0.15) is 11.9 Å². The highest BCUT2D eigenvalue weighted by molar-refractivity contribution is 6.33. The summed E-state index contributed by atoms with van der Waals surface area (Å²) in [6, 6.07) is 3.09. The number of likely N-dealkylation sites (N-methyl/N-ethyl adjacent to an activating group) is 1. The van der Waals surface area contributed by atoms with Gasteiger partial charge < -0.3 is 30.9 Å². The molecule has 0 heterocycles. The number of hydrogen-bond donors (Lipinski definition) is 4. The van der Waals surface area contributed by atoms with Crippen LogP contribution in [0.3, 0.4) is 0 Å². The minimum absolute atomic E-state index is 0.212. The van der Waals surface area contributed by atoms with Gasteiger partial charge in [-0.25, -0.2) is 4.79 Å². The van der Waals surface area contributed by atoms with Crippen molar-refractivity contribution in [2.75, 3.05) is 39.0 Å². The van der Waals surface area contributed by atoms with Crippen LogP contribution in [0.25, 0.3) is 0 Å². The summed E-state index contributed by atoms with van der Waals surface area (Å²) in [6.45, 7) is 8.69. The van der Waals surface area contributed by atoms with Gasteiger partial charge in [-0.05, 0) is 26.1 Å². The first kappa shape index (κ1) is 24.0. The van der Waals surface area contributed by atoms with E-state index in [1.54, 1.807) is 6.07 Å². The topological polar surface area (TPSA) is 125 Å². The lowest BCUT2D eigenvalue weighted by molar-refractivity contribution is -0.145. The van der Waals surface area contributed by atoms with Crippen molar-refractivity contribution < 1.29 is 24.5 Å². The first-order valence-corrected chi connectivity index (χ1v) is 8.60. The van der Waals surface area contributed by atoms with Gasteiger partial charge in [0.25, 0.3) is 5.91 Å². The molecule has 1 unspecified atom stereocenters. The quantitative estimate of drug-likeness (QED) is 0.496. The van der Waals surface area contributed by atoms with Gasteiger partial charge in [-0.1, -0.05) is 25.4 Å². The Balaban J connectivity index is 0.000000896. The molecule has 1 aromatic carbocycles. The Morgan fingerprint density at radius 1 is 1.35 bits per heavy atom. The van der Waals surface area contributed by atoms with Crippen LogP contribution in [0.1, 0.15) is 31.1 Å². The SMILES string of the molecule is CC(O)C(=O)O.CCN(CC)CCNC(=O)c1cc(Cl)c(N)cc1OC. The average molecular weight is 390 g/mol. The van der Waals surface area contributed by atoms with Crippen LogP contribution in [-0.2, 0) is 4.79 Å². The molecule has 8 nitrogen and oxygen atoms in total. The number of benzene rings is 1. The highest BCUT2D eigenvalue weighted by atomic mass is 35.5. The van der Waals surface area contributed by atoms with Crippen LogP contribution in [0.4, 0.5) is 5.69 Å². The molecule has 26 heavy (non-hydrogen) atoms. The molecule has 0 bridgehead atoms. The van der Waals surface area contributed by atoms with Crippen molar-refractivity contribution in [3.05, 3.63) is 22.7 Å². The molecule has 0 spiro atoms. The minimum Gasteiger partial charge on any atom is -0.496 e. The van der Waals surface area contributed by atoms with Crippen LogP contribution >= 0.6 is 11.6 Å². The molecule has 0 fully saturated rings. The molecule has 5 N–H and O–H groups in total. The van der Waals surface area contributed by atoms with Gasteiger partial charge in [-0.2, -0.15) is 0 Å². The van der Waals surface area contributed by atoms with Crippen LogP contribution < -0.4 is 15.8 Å². The first-order valence-electron chi connectivity index (χ1n) is 8.22. The molecule has 9 heteroatoms. The van der Waals surface area contributed by atoms with Crippen molar-refractivity contribution in [3.63, 3.8) is 0 Å². The highest BCUT2D eigenvalue weighted by Crippen LogP contribution is 2.28. The number of carboxylic acid groups (broad SMARTS) is 1. The molecule has 1 aromatic rings. The second kappa shape index (κ2) is 12.3. The van der Waals surface area contributed by atoms with E-state index in [1.807, 2.05) is 0 Å². The summed E-state index contributed by atoms with van der Waals surface area (Å²) < 4.78 is 5.16. The average Bonchev–Trinajstić information content (AvgIpc) is 2.60. The number of halogens is 1. The predicted octanol–water partition coefficient (Wildman–Crippen LogP) is 1.45. The Morgan fingerprint density at radius 3 is 2.31 bits per heavy atom. The number of carbonyl (C=O) groups is 2. The third-order valence-electron chi connectivity index (χ3n) is 3.53. The number of aliphatic carboxylic acids is 1. The largest absolute Gasteiger partial charge is 0.496 e. The molecule has 0 saturated heterocycles. The van der Waals surface area contributed by atoms with Gasteiger partial charge in [0.2, 0.25) is 0 Å². The number of rotatable bonds is 8. The van der Waals surface area contributed by atoms with E-state index in [0.717, 1.165) is 19.6 Å². The van der Waals surface area contributed by atoms with E-state index in [2.05, 4.69) is 24.1 Å². The Labute approximate surface area is 158 Å². The van der Waals surface area contributed by atoms with E-state index in [1.165, 1.54) is 20.1 Å². The van der Waals surface area contributed by atoms with Gasteiger partial charge >= 0.3 is 5.97 Å². The van der Waals surface area contributed by atoms with Crippen LogP contribution in [0.5, 0.6) is 5.75 Å². The normalized spacial score (nSPS) is 11.3. The number of carboxylic acids is 1. The van der Waals surface area contributed by atoms with Crippen molar-refractivity contribution in [2.45, 2.75) is 26.9 Å². The van der Waals surface area contributed by atoms with Crippen LogP contribution in [0, 0.1) is 0 Å². The number of ether oxygens (including phenoxy) is 1. The third-order valence-corrected chi connectivity index (χ3v) is 3.86. The van der Waals surface area contributed by atoms with E-state index >= 15 is 0 Å². The van der Waals surface area contributed by atoms with Crippen LogP contribution in [0.2, 0.25) is 5.02 Å². The molecule has 0 radical (unpaired) electrons. The number of aliphatic hydroxyl groups is 1. The van der Waals surface area contributed by atoms with Crippen molar-refractivity contribution >= 4 is 29.2 Å². The van der Waals surface area contributed by atoms with Crippen molar-refractivity contribution in [3.8, 4) is 5.75 Å². The molecule has 1 rings (SSSR count). The lowest BCUT2D eigenvalue weighted by Crippen LogP contribution is -2.34. The number of amides is 1. The second-order valence-electron chi connectivity index (χ2n) is 5.37. The summed E-state index contributed by atoms with van der Waals surface area (Å²) >= 11 is 5.95. The van der Waals surface area contributed by atoms with E-state index < -0.39 is 12.1 Å². The number of nitrogens with zero attached hydrogens (tertiary/aromatic N) is 1. The standard InChI is InChI=1S/C14H22ClN3O2.C3H6O3/c1-4-18(5-2)7-6-17-14(19)10-8-11(15)12(16)9-13(10)20-3;1-2(4)3(5)6/h8-9H,4-7,16H2,1-3H3,(H,17,19);2,4H,1H3,(H,5,6). The zero-order valence-electron chi connectivity index (χ0n) is 15.6. The number of nitrogens with two attached hydrogens (primary N) is 1. The lowest BCUT2D eigenvalue weighted by Gasteiger charge is -2.18. The number of aliphatic hydroxyl groups excluding tert-OH is 1. The maximum absolute atomic E-state index is 12.1. The Hall–Kier alpha value is -2.03. The number of anilines is 1. The molecule has 0 aliphatic heterocycles. The Kier molecular flexibility index (Phi) is 11.4. The Bertz CT molecular complexity index is 592. The number of carbonyl (C=O) groups excluding carboxylic acids is 1. The zero-order valence-corrected chi connectivity index (χ0v) is 16.3. The zero-order chi connectivity index (χ0) is 20.3. The molecule has 0 aliphatic carbocycles. The summed E-state index contributed by atoms with van der Waals surface area (Å²) in [4.78, 5) is 23.8. The molecule has 0 saturated carbocycles. The lowest BCUT2D eigenvalue weighted by atomic mass is 10.1. The summed E-state index contributed by atoms with van der Waals surface area (Å²) in [5.41, 5.74) is 6.48. The van der Waals surface area contributed by atoms with Crippen LogP contribution in [0.15, 0.2) is 12.1 Å². The first-order chi connectivity index (χ1) is 12.2. The molecule has 148 valence electrons. The summed E-state index contributed by atoms with van der Waals surface area (Å²) in [6.07, 6.45) is -1.23. The number of nitrogens with one attached hydrogen (secondary N) is 1. The van der Waals surface area contributed by atoms with E-state index in [9.17, 15) is 9.59 Å². The van der Waals surface area contributed by atoms with Gasteiger partial charge in [-0.15, -0.1) is 0 Å². The maximum Gasteiger partial charge on any atom is 0.332 e. The molecule has 1 atom stereocenters. The third kappa shape index (κ3) is 8.37. The van der Waals surface area contributed by atoms with E-state index in [0.29, 0.717) is 28.6 Å². The van der Waals surface area contributed by atoms with Crippen LogP contribution in [-0.4, -0.2) is 66.4 Å². The van der Waals surface area contributed by atoms with Gasteiger partial charge in [0.05, 0.1) is 23.4 Å². The molecule has 0 aromatic heterocycles. The molecule has 0 aliphatic rings. The molecular weight excluding hydrogens is 362 g/mol. The molecule has 1 amide bonds. The summed E-state index contributed by atoms with van der Waals surface area (Å²) in [5.74, 6) is -0.974. The van der Waals surface area contributed by atoms with E-state index in [4.69, 9.17) is 32.3 Å². The van der Waals surface area contributed by atoms with E-state index in [-0.39, 0.29) is 5.91 Å². The monoisotopic (exact) mass is 389 g/mol. The Morgan fingerprint density at radius 2 is 1.88 bits per heavy atom. The summed E-state index contributed by atoms with van der Waals surface area (Å²) in [5, 5.41) is 19.0. The van der Waals surface area contributed by atoms with Gasteiger partial charge in [0, 0.05) is 19.2 Å². The molecular formula is C17H28ClN3O5. The van der Waals surface area contributed by atoms with Crippen molar-refractivity contribution in [1.29, 1.82) is 0 Å². The fourth-order valence-electron chi connectivity index (χ4n) is 1.88. The number of hydrogen-bond acceptors (Lipinski definition) is 6. The van der Waals surface area contributed by atoms with Gasteiger partial charge in [-0.3, -0.25) is 4.79 Å². The fourth-order valence-corrected chi connectivity index (χ4v) is 2.04.